The van der Waals surface area contributed by atoms with Crippen molar-refractivity contribution in [2.24, 2.45) is 0 Å². The average Bonchev–Trinajstić information content (AvgIpc) is 2.86. The van der Waals surface area contributed by atoms with Gasteiger partial charge in [0.2, 0.25) is 0 Å². The van der Waals surface area contributed by atoms with Crippen molar-refractivity contribution in [1.29, 1.82) is 0 Å². The molecule has 0 atom stereocenters. The molecule has 0 saturated carbocycles. The molecule has 0 unspecified atom stereocenters. The van der Waals surface area contributed by atoms with Gasteiger partial charge >= 0.3 is 0 Å². The van der Waals surface area contributed by atoms with Crippen LogP contribution in [0, 0.1) is 0 Å². The van der Waals surface area contributed by atoms with E-state index in [-0.39, 0.29) is 5.41 Å². The van der Waals surface area contributed by atoms with Crippen molar-refractivity contribution < 1.29 is 4.74 Å². The van der Waals surface area contributed by atoms with Crippen LogP contribution in [0.15, 0.2) is 23.7 Å². The molecule has 5 heteroatoms. The van der Waals surface area contributed by atoms with Crippen LogP contribution < -0.4 is 4.74 Å². The van der Waals surface area contributed by atoms with Crippen molar-refractivity contribution in [2.75, 3.05) is 0 Å². The summed E-state index contributed by atoms with van der Waals surface area (Å²) in [6.45, 7) is 6.94. The summed E-state index contributed by atoms with van der Waals surface area (Å²) >= 11 is 7.31. The standard InChI is InChI=1S/C14H17ClN2OS/c1-14(2,3)12-9-19-13(17-12)8-18-11-5-4-10(6-15)16-7-11/h4-5,7,9H,6,8H2,1-3H3. The van der Waals surface area contributed by atoms with Crippen molar-refractivity contribution in [3.8, 4) is 5.75 Å². The van der Waals surface area contributed by atoms with Gasteiger partial charge in [0.1, 0.15) is 17.4 Å². The molecule has 2 heterocycles. The fourth-order valence-electron chi connectivity index (χ4n) is 1.44. The first-order valence-corrected chi connectivity index (χ1v) is 7.49. The Morgan fingerprint density at radius 2 is 2.11 bits per heavy atom. The van der Waals surface area contributed by atoms with Crippen LogP contribution in [0.25, 0.3) is 0 Å². The van der Waals surface area contributed by atoms with Crippen LogP contribution in [0.4, 0.5) is 0 Å². The number of alkyl halides is 1. The number of nitrogens with zero attached hydrogens (tertiary/aromatic N) is 2. The summed E-state index contributed by atoms with van der Waals surface area (Å²) in [5, 5.41) is 3.07. The molecule has 0 aromatic carbocycles. The SMILES string of the molecule is CC(C)(C)c1csc(COc2ccc(CCl)nc2)n1. The molecule has 0 aliphatic heterocycles. The maximum Gasteiger partial charge on any atom is 0.140 e. The number of ether oxygens (including phenoxy) is 1. The van der Waals surface area contributed by atoms with Gasteiger partial charge in [0.25, 0.3) is 0 Å². The molecule has 0 amide bonds. The van der Waals surface area contributed by atoms with Crippen LogP contribution in [0.3, 0.4) is 0 Å². The average molecular weight is 297 g/mol. The summed E-state index contributed by atoms with van der Waals surface area (Å²) in [7, 11) is 0. The number of aromatic nitrogens is 2. The molecule has 19 heavy (non-hydrogen) atoms. The van der Waals surface area contributed by atoms with Gasteiger partial charge in [-0.1, -0.05) is 20.8 Å². The quantitative estimate of drug-likeness (QED) is 0.795. The molecule has 0 spiro atoms. The first-order valence-electron chi connectivity index (χ1n) is 6.07. The van der Waals surface area contributed by atoms with Crippen molar-refractivity contribution >= 4 is 22.9 Å². The van der Waals surface area contributed by atoms with Crippen molar-refractivity contribution in [3.63, 3.8) is 0 Å². The first-order chi connectivity index (χ1) is 8.99. The van der Waals surface area contributed by atoms with Gasteiger partial charge in [-0.3, -0.25) is 4.98 Å². The van der Waals surface area contributed by atoms with E-state index in [4.69, 9.17) is 16.3 Å². The Morgan fingerprint density at radius 1 is 1.32 bits per heavy atom. The van der Waals surface area contributed by atoms with Gasteiger partial charge in [-0.25, -0.2) is 4.98 Å². The van der Waals surface area contributed by atoms with Crippen LogP contribution in [0.5, 0.6) is 5.75 Å². The zero-order chi connectivity index (χ0) is 13.9. The first kappa shape index (κ1) is 14.3. The highest BCUT2D eigenvalue weighted by Crippen LogP contribution is 2.24. The highest BCUT2D eigenvalue weighted by Gasteiger charge is 2.17. The number of pyridine rings is 1. The lowest BCUT2D eigenvalue weighted by molar-refractivity contribution is 0.303. The Morgan fingerprint density at radius 3 is 2.63 bits per heavy atom. The molecule has 102 valence electrons. The van der Waals surface area contributed by atoms with Crippen molar-refractivity contribution in [3.05, 3.63) is 40.1 Å². The second-order valence-electron chi connectivity index (χ2n) is 5.28. The van der Waals surface area contributed by atoms with Gasteiger partial charge in [-0.05, 0) is 12.1 Å². The van der Waals surface area contributed by atoms with E-state index < -0.39 is 0 Å². The van der Waals surface area contributed by atoms with Gasteiger partial charge in [-0.2, -0.15) is 0 Å². The third-order valence-corrected chi connectivity index (χ3v) is 3.71. The van der Waals surface area contributed by atoms with E-state index >= 15 is 0 Å². The molecule has 0 fully saturated rings. The highest BCUT2D eigenvalue weighted by atomic mass is 35.5. The van der Waals surface area contributed by atoms with Gasteiger partial charge in [-0.15, -0.1) is 22.9 Å². The fourth-order valence-corrected chi connectivity index (χ4v) is 2.53. The number of hydrogen-bond donors (Lipinski definition) is 0. The van der Waals surface area contributed by atoms with Crippen molar-refractivity contribution in [1.82, 2.24) is 9.97 Å². The Hall–Kier alpha value is -1.13. The van der Waals surface area contributed by atoms with E-state index in [0.29, 0.717) is 12.5 Å². The smallest absolute Gasteiger partial charge is 0.140 e. The third-order valence-electron chi connectivity index (χ3n) is 2.62. The predicted octanol–water partition coefficient (Wildman–Crippen LogP) is 4.15. The highest BCUT2D eigenvalue weighted by molar-refractivity contribution is 7.09. The van der Waals surface area contributed by atoms with E-state index in [1.165, 1.54) is 0 Å². The molecule has 0 radical (unpaired) electrons. The van der Waals surface area contributed by atoms with Gasteiger partial charge < -0.3 is 4.74 Å². The Labute approximate surface area is 122 Å². The summed E-state index contributed by atoms with van der Waals surface area (Å²) in [6.07, 6.45) is 1.69. The molecule has 3 nitrogen and oxygen atoms in total. The minimum atomic E-state index is 0.0816. The van der Waals surface area contributed by atoms with Gasteiger partial charge in [0.15, 0.2) is 0 Å². The lowest BCUT2D eigenvalue weighted by Gasteiger charge is -2.14. The van der Waals surface area contributed by atoms with E-state index in [2.05, 4.69) is 36.1 Å². The maximum atomic E-state index is 5.69. The second-order valence-corrected chi connectivity index (χ2v) is 6.49. The van der Waals surface area contributed by atoms with Crippen LogP contribution >= 0.6 is 22.9 Å². The molecule has 0 saturated heterocycles. The van der Waals surface area contributed by atoms with E-state index in [9.17, 15) is 0 Å². The largest absolute Gasteiger partial charge is 0.485 e. The third kappa shape index (κ3) is 3.91. The number of rotatable bonds is 4. The lowest BCUT2D eigenvalue weighted by atomic mass is 9.93. The zero-order valence-corrected chi connectivity index (χ0v) is 12.9. The van der Waals surface area contributed by atoms with Crippen LogP contribution in [0.1, 0.15) is 37.2 Å². The molecule has 2 aromatic rings. The lowest BCUT2D eigenvalue weighted by Crippen LogP contribution is -2.11. The van der Waals surface area contributed by atoms with Crippen molar-refractivity contribution in [2.45, 2.75) is 38.7 Å². The molecular weight excluding hydrogens is 280 g/mol. The second kappa shape index (κ2) is 5.88. The minimum Gasteiger partial charge on any atom is -0.485 e. The molecule has 0 N–H and O–H groups in total. The number of hydrogen-bond acceptors (Lipinski definition) is 4. The molecule has 2 rings (SSSR count). The van der Waals surface area contributed by atoms with Gasteiger partial charge in [0, 0.05) is 10.8 Å². The number of thiazole rings is 1. The van der Waals surface area contributed by atoms with Crippen LogP contribution in [-0.2, 0) is 17.9 Å². The van der Waals surface area contributed by atoms with E-state index in [0.717, 1.165) is 22.1 Å². The molecule has 2 aromatic heterocycles. The number of halogens is 1. The summed E-state index contributed by atoms with van der Waals surface area (Å²) in [5.41, 5.74) is 2.03. The predicted molar refractivity (Wildman–Crippen MR) is 78.9 cm³/mol. The van der Waals surface area contributed by atoms with E-state index in [1.807, 2.05) is 12.1 Å². The zero-order valence-electron chi connectivity index (χ0n) is 11.3. The molecule has 0 bridgehead atoms. The molecule has 0 aliphatic rings. The Kier molecular flexibility index (Phi) is 4.42. The summed E-state index contributed by atoms with van der Waals surface area (Å²) in [4.78, 5) is 8.76. The summed E-state index contributed by atoms with van der Waals surface area (Å²) < 4.78 is 5.66. The normalized spacial score (nSPS) is 11.6. The summed E-state index contributed by atoms with van der Waals surface area (Å²) in [5.74, 6) is 1.16. The van der Waals surface area contributed by atoms with Crippen LogP contribution in [-0.4, -0.2) is 9.97 Å². The topological polar surface area (TPSA) is 35.0 Å². The van der Waals surface area contributed by atoms with E-state index in [1.54, 1.807) is 17.5 Å². The minimum absolute atomic E-state index is 0.0816. The van der Waals surface area contributed by atoms with Gasteiger partial charge in [0.05, 0.1) is 23.5 Å². The monoisotopic (exact) mass is 296 g/mol. The maximum absolute atomic E-state index is 5.69. The summed E-state index contributed by atoms with van der Waals surface area (Å²) in [6, 6.07) is 3.74. The van der Waals surface area contributed by atoms with Crippen LogP contribution in [0.2, 0.25) is 0 Å². The molecule has 0 aliphatic carbocycles. The fraction of sp³-hybridized carbons (Fsp3) is 0.429. The Balaban J connectivity index is 1.96. The molecular formula is C14H17ClN2OS. The Bertz CT molecular complexity index is 531.